The third-order valence-corrected chi connectivity index (χ3v) is 2.79. The van der Waals surface area contributed by atoms with E-state index >= 15 is 0 Å². The number of halogens is 1. The molecule has 0 fully saturated rings. The maximum absolute atomic E-state index is 5.67. The van der Waals surface area contributed by atoms with Crippen molar-refractivity contribution in [3.63, 3.8) is 0 Å². The van der Waals surface area contributed by atoms with Crippen LogP contribution in [0.15, 0.2) is 15.2 Å². The Morgan fingerprint density at radius 2 is 2.40 bits per heavy atom. The molecule has 1 unspecified atom stereocenters. The highest BCUT2D eigenvalue weighted by Crippen LogP contribution is 2.23. The second-order valence-electron chi connectivity index (χ2n) is 2.03. The zero-order valence-corrected chi connectivity index (χ0v) is 7.78. The maximum Gasteiger partial charge on any atom is 0.0701 e. The highest BCUT2D eigenvalue weighted by Gasteiger charge is 2.04. The van der Waals surface area contributed by atoms with Gasteiger partial charge >= 0.3 is 0 Å². The second-order valence-corrected chi connectivity index (χ2v) is 4.32. The van der Waals surface area contributed by atoms with Gasteiger partial charge in [-0.1, -0.05) is 0 Å². The summed E-state index contributed by atoms with van der Waals surface area (Å²) in [4.78, 5) is 0. The minimum Gasteiger partial charge on any atom is -0.329 e. The molecule has 0 aliphatic heterocycles. The molecule has 2 nitrogen and oxygen atoms in total. The number of hydrogen-bond donors (Lipinski definition) is 2. The number of thiophene rings is 1. The molecule has 0 radical (unpaired) electrons. The van der Waals surface area contributed by atoms with Crippen molar-refractivity contribution in [3.8, 4) is 0 Å². The molecule has 0 spiro atoms. The average molecular weight is 221 g/mol. The lowest BCUT2D eigenvalue weighted by Gasteiger charge is -2.03. The molecule has 1 atom stereocenters. The smallest absolute Gasteiger partial charge is 0.0701 e. The SMILES string of the molecule is NCC(N)c1csc(Br)c1. The lowest BCUT2D eigenvalue weighted by atomic mass is 10.2. The van der Waals surface area contributed by atoms with Crippen LogP contribution < -0.4 is 11.5 Å². The van der Waals surface area contributed by atoms with Crippen LogP contribution in [0.25, 0.3) is 0 Å². The van der Waals surface area contributed by atoms with Crippen molar-refractivity contribution < 1.29 is 0 Å². The van der Waals surface area contributed by atoms with Crippen LogP contribution in [0.1, 0.15) is 11.6 Å². The molecular formula is C6H9BrN2S. The van der Waals surface area contributed by atoms with Gasteiger partial charge in [-0.2, -0.15) is 0 Å². The van der Waals surface area contributed by atoms with Crippen molar-refractivity contribution in [2.75, 3.05) is 6.54 Å². The zero-order chi connectivity index (χ0) is 7.56. The molecule has 4 N–H and O–H groups in total. The normalized spacial score (nSPS) is 13.5. The monoisotopic (exact) mass is 220 g/mol. The predicted octanol–water partition coefficient (Wildman–Crippen LogP) is 1.47. The third kappa shape index (κ3) is 1.79. The first-order chi connectivity index (χ1) is 4.74. The minimum atomic E-state index is -0.0115. The van der Waals surface area contributed by atoms with E-state index in [1.807, 2.05) is 11.4 Å². The summed E-state index contributed by atoms with van der Waals surface area (Å²) in [6, 6.07) is 1.99. The standard InChI is InChI=1S/C6H9BrN2S/c7-6-1-4(3-10-6)5(9)2-8/h1,3,5H,2,8-9H2. The van der Waals surface area contributed by atoms with Gasteiger partial charge in [0, 0.05) is 12.6 Å². The second kappa shape index (κ2) is 3.48. The largest absolute Gasteiger partial charge is 0.329 e. The Balaban J connectivity index is 2.74. The summed E-state index contributed by atoms with van der Waals surface area (Å²) in [5.74, 6) is 0. The van der Waals surface area contributed by atoms with Crippen molar-refractivity contribution in [2.24, 2.45) is 11.5 Å². The molecule has 0 amide bonds. The Labute approximate surface area is 72.3 Å². The first kappa shape index (κ1) is 8.20. The number of nitrogens with two attached hydrogens (primary N) is 2. The van der Waals surface area contributed by atoms with Crippen LogP contribution in [-0.4, -0.2) is 6.54 Å². The highest BCUT2D eigenvalue weighted by atomic mass is 79.9. The van der Waals surface area contributed by atoms with Gasteiger partial charge in [0.2, 0.25) is 0 Å². The summed E-state index contributed by atoms with van der Waals surface area (Å²) in [5.41, 5.74) is 12.2. The van der Waals surface area contributed by atoms with Crippen molar-refractivity contribution in [2.45, 2.75) is 6.04 Å². The van der Waals surface area contributed by atoms with E-state index in [1.54, 1.807) is 11.3 Å². The van der Waals surface area contributed by atoms with E-state index < -0.39 is 0 Å². The summed E-state index contributed by atoms with van der Waals surface area (Å²) in [7, 11) is 0. The van der Waals surface area contributed by atoms with Crippen molar-refractivity contribution >= 4 is 27.3 Å². The fourth-order valence-electron chi connectivity index (χ4n) is 0.654. The van der Waals surface area contributed by atoms with E-state index in [0.29, 0.717) is 6.54 Å². The Hall–Kier alpha value is 0.100. The van der Waals surface area contributed by atoms with Crippen LogP contribution in [0.5, 0.6) is 0 Å². The fraction of sp³-hybridized carbons (Fsp3) is 0.333. The van der Waals surface area contributed by atoms with Gasteiger partial charge in [-0.15, -0.1) is 11.3 Å². The van der Waals surface area contributed by atoms with Gasteiger partial charge in [0.25, 0.3) is 0 Å². The van der Waals surface area contributed by atoms with Gasteiger partial charge in [0.1, 0.15) is 0 Å². The zero-order valence-electron chi connectivity index (χ0n) is 5.38. The maximum atomic E-state index is 5.67. The Bertz CT molecular complexity index is 211. The van der Waals surface area contributed by atoms with Crippen LogP contribution in [-0.2, 0) is 0 Å². The van der Waals surface area contributed by atoms with E-state index in [4.69, 9.17) is 11.5 Å². The van der Waals surface area contributed by atoms with E-state index in [2.05, 4.69) is 15.9 Å². The molecule has 0 aromatic carbocycles. The fourth-order valence-corrected chi connectivity index (χ4v) is 1.89. The van der Waals surface area contributed by atoms with Gasteiger partial charge in [-0.3, -0.25) is 0 Å². The van der Waals surface area contributed by atoms with Gasteiger partial charge in [0.15, 0.2) is 0 Å². The van der Waals surface area contributed by atoms with E-state index in [1.165, 1.54) is 0 Å². The Kier molecular flexibility index (Phi) is 2.85. The van der Waals surface area contributed by atoms with Gasteiger partial charge < -0.3 is 11.5 Å². The minimum absolute atomic E-state index is 0.0115. The van der Waals surface area contributed by atoms with Crippen LogP contribution >= 0.6 is 27.3 Å². The Morgan fingerprint density at radius 1 is 1.70 bits per heavy atom. The highest BCUT2D eigenvalue weighted by molar-refractivity contribution is 9.11. The molecule has 56 valence electrons. The van der Waals surface area contributed by atoms with Crippen molar-refractivity contribution in [1.29, 1.82) is 0 Å². The molecule has 0 saturated carbocycles. The van der Waals surface area contributed by atoms with Crippen LogP contribution in [0.3, 0.4) is 0 Å². The summed E-state index contributed by atoms with van der Waals surface area (Å²) in [6.45, 7) is 0.503. The summed E-state index contributed by atoms with van der Waals surface area (Å²) >= 11 is 4.98. The Morgan fingerprint density at radius 3 is 2.80 bits per heavy atom. The lowest BCUT2D eigenvalue weighted by molar-refractivity contribution is 0.740. The van der Waals surface area contributed by atoms with Crippen LogP contribution in [0, 0.1) is 0 Å². The van der Waals surface area contributed by atoms with E-state index in [9.17, 15) is 0 Å². The molecule has 1 heterocycles. The molecule has 10 heavy (non-hydrogen) atoms. The molecule has 0 aliphatic carbocycles. The molecule has 0 aliphatic rings. The van der Waals surface area contributed by atoms with Gasteiger partial charge in [0.05, 0.1) is 3.79 Å². The van der Waals surface area contributed by atoms with Crippen LogP contribution in [0.4, 0.5) is 0 Å². The summed E-state index contributed by atoms with van der Waals surface area (Å²) in [6.07, 6.45) is 0. The third-order valence-electron chi connectivity index (χ3n) is 1.27. The predicted molar refractivity (Wildman–Crippen MR) is 48.0 cm³/mol. The van der Waals surface area contributed by atoms with Gasteiger partial charge in [-0.25, -0.2) is 0 Å². The molecular weight excluding hydrogens is 212 g/mol. The van der Waals surface area contributed by atoms with E-state index in [0.717, 1.165) is 9.35 Å². The molecule has 1 aromatic heterocycles. The van der Waals surface area contributed by atoms with E-state index in [-0.39, 0.29) is 6.04 Å². The number of hydrogen-bond acceptors (Lipinski definition) is 3. The van der Waals surface area contributed by atoms with Crippen molar-refractivity contribution in [3.05, 3.63) is 20.8 Å². The quantitative estimate of drug-likeness (QED) is 0.794. The first-order valence-corrected chi connectivity index (χ1v) is 4.61. The van der Waals surface area contributed by atoms with Crippen LogP contribution in [0.2, 0.25) is 0 Å². The average Bonchev–Trinajstić information content (AvgIpc) is 2.34. The molecule has 4 heteroatoms. The summed E-state index contributed by atoms with van der Waals surface area (Å²) in [5, 5.41) is 2.02. The first-order valence-electron chi connectivity index (χ1n) is 2.93. The lowest BCUT2D eigenvalue weighted by Crippen LogP contribution is -2.19. The topological polar surface area (TPSA) is 52.0 Å². The summed E-state index contributed by atoms with van der Waals surface area (Å²) < 4.78 is 1.10. The number of rotatable bonds is 2. The molecule has 1 rings (SSSR count). The molecule has 0 bridgehead atoms. The molecule has 0 saturated heterocycles. The van der Waals surface area contributed by atoms with Crippen molar-refractivity contribution in [1.82, 2.24) is 0 Å². The van der Waals surface area contributed by atoms with Gasteiger partial charge in [-0.05, 0) is 32.9 Å². The molecule has 1 aromatic rings.